The smallest absolute Gasteiger partial charge is 0.307 e. The second kappa shape index (κ2) is 6.15. The van der Waals surface area contributed by atoms with Gasteiger partial charge in [-0.15, -0.1) is 0 Å². The molecule has 0 saturated carbocycles. The third-order valence-corrected chi connectivity index (χ3v) is 3.21. The van der Waals surface area contributed by atoms with Crippen LogP contribution in [-0.2, 0) is 6.18 Å². The third kappa shape index (κ3) is 3.62. The number of nitrogens with one attached hydrogen (secondary N) is 1. The minimum absolute atomic E-state index is 0.267. The number of rotatable bonds is 2. The highest BCUT2D eigenvalue weighted by Crippen LogP contribution is 2.32. The van der Waals surface area contributed by atoms with E-state index in [-0.39, 0.29) is 11.4 Å². The van der Waals surface area contributed by atoms with Gasteiger partial charge in [-0.1, -0.05) is 15.9 Å². The van der Waals surface area contributed by atoms with Gasteiger partial charge in [0.05, 0.1) is 11.1 Å². The molecule has 0 radical (unpaired) electrons. The first-order chi connectivity index (χ1) is 10.3. The number of halogens is 4. The summed E-state index contributed by atoms with van der Waals surface area (Å²) in [5.74, 6) is -0.878. The molecular weight excluding hydrogens is 363 g/mol. The van der Waals surface area contributed by atoms with Crippen molar-refractivity contribution >= 4 is 27.7 Å². The molecule has 0 saturated heterocycles. The van der Waals surface area contributed by atoms with Crippen LogP contribution in [0, 0.1) is 11.3 Å². The first-order valence-corrected chi connectivity index (χ1v) is 6.65. The maximum atomic E-state index is 12.8. The van der Waals surface area contributed by atoms with Crippen LogP contribution in [0.2, 0.25) is 0 Å². The molecule has 0 spiro atoms. The Morgan fingerprint density at radius 1 is 1.27 bits per heavy atom. The number of carbonyl (C=O) groups is 1. The third-order valence-electron chi connectivity index (χ3n) is 2.68. The second-order valence-corrected chi connectivity index (χ2v) is 5.10. The number of hydrogen-bond acceptors (Lipinski definition) is 3. The molecule has 1 amide bonds. The Labute approximate surface area is 131 Å². The van der Waals surface area contributed by atoms with E-state index < -0.39 is 23.2 Å². The Hall–Kier alpha value is -2.40. The maximum Gasteiger partial charge on any atom is 0.417 e. The summed E-state index contributed by atoms with van der Waals surface area (Å²) in [6.07, 6.45) is -3.93. The number of nitriles is 1. The van der Waals surface area contributed by atoms with Crippen molar-refractivity contribution in [2.24, 2.45) is 0 Å². The van der Waals surface area contributed by atoms with Gasteiger partial charge in [-0.05, 0) is 30.3 Å². The lowest BCUT2D eigenvalue weighted by Crippen LogP contribution is -2.15. The van der Waals surface area contributed by atoms with Crippen LogP contribution in [-0.4, -0.2) is 10.9 Å². The lowest BCUT2D eigenvalue weighted by molar-refractivity contribution is -0.137. The van der Waals surface area contributed by atoms with E-state index in [1.54, 1.807) is 12.1 Å². The number of aromatic nitrogens is 1. The van der Waals surface area contributed by atoms with Gasteiger partial charge >= 0.3 is 6.18 Å². The minimum Gasteiger partial charge on any atom is -0.307 e. The zero-order valence-electron chi connectivity index (χ0n) is 10.8. The largest absolute Gasteiger partial charge is 0.417 e. The molecule has 1 N–H and O–H groups in total. The first kappa shape index (κ1) is 16.0. The van der Waals surface area contributed by atoms with Crippen molar-refractivity contribution in [3.05, 3.63) is 57.7 Å². The van der Waals surface area contributed by atoms with Crippen molar-refractivity contribution in [2.75, 3.05) is 5.32 Å². The molecule has 22 heavy (non-hydrogen) atoms. The van der Waals surface area contributed by atoms with Gasteiger partial charge in [0, 0.05) is 16.2 Å². The summed E-state index contributed by atoms with van der Waals surface area (Å²) in [5.41, 5.74) is -1.48. The highest BCUT2D eigenvalue weighted by Gasteiger charge is 2.34. The predicted octanol–water partition coefficient (Wildman–Crippen LogP) is 3.99. The fraction of sp³-hybridized carbons (Fsp3) is 0.0714. The molecule has 1 aromatic carbocycles. The highest BCUT2D eigenvalue weighted by molar-refractivity contribution is 9.10. The number of nitrogens with zero attached hydrogens (tertiary/aromatic N) is 2. The molecule has 8 heteroatoms. The number of pyridine rings is 1. The van der Waals surface area contributed by atoms with Gasteiger partial charge in [0.2, 0.25) is 0 Å². The predicted molar refractivity (Wildman–Crippen MR) is 76.0 cm³/mol. The molecule has 1 heterocycles. The molecule has 0 aliphatic carbocycles. The van der Waals surface area contributed by atoms with E-state index in [2.05, 4.69) is 26.2 Å². The van der Waals surface area contributed by atoms with Gasteiger partial charge in [0.1, 0.15) is 11.9 Å². The molecule has 2 aromatic rings. The molecule has 4 nitrogen and oxygen atoms in total. The molecule has 0 aliphatic heterocycles. The molecule has 0 atom stereocenters. The Bertz CT molecular complexity index is 751. The van der Waals surface area contributed by atoms with Crippen LogP contribution in [0.25, 0.3) is 0 Å². The standard InChI is InChI=1S/C14H7BrF3N3O/c15-10-3-1-8(2-4-10)13(22)21-12-5-11(14(16,17)18)9(6-19)7-20-12/h1-5,7H,(H,20,21,22). The highest BCUT2D eigenvalue weighted by atomic mass is 79.9. The van der Waals surface area contributed by atoms with E-state index in [0.29, 0.717) is 6.07 Å². The van der Waals surface area contributed by atoms with Gasteiger partial charge in [-0.2, -0.15) is 18.4 Å². The number of amides is 1. The average molecular weight is 370 g/mol. The quantitative estimate of drug-likeness (QED) is 0.870. The average Bonchev–Trinajstić information content (AvgIpc) is 2.47. The van der Waals surface area contributed by atoms with Crippen LogP contribution in [0.5, 0.6) is 0 Å². The zero-order chi connectivity index (χ0) is 16.3. The monoisotopic (exact) mass is 369 g/mol. The number of alkyl halides is 3. The summed E-state index contributed by atoms with van der Waals surface area (Å²) in [5, 5.41) is 10.9. The topological polar surface area (TPSA) is 65.8 Å². The van der Waals surface area contributed by atoms with Gasteiger partial charge in [-0.3, -0.25) is 4.79 Å². The lowest BCUT2D eigenvalue weighted by atomic mass is 10.1. The summed E-state index contributed by atoms with van der Waals surface area (Å²) in [7, 11) is 0. The Kier molecular flexibility index (Phi) is 4.47. The summed E-state index contributed by atoms with van der Waals surface area (Å²) >= 11 is 3.21. The number of benzene rings is 1. The fourth-order valence-corrected chi connectivity index (χ4v) is 1.90. The van der Waals surface area contributed by atoms with E-state index >= 15 is 0 Å². The van der Waals surface area contributed by atoms with E-state index in [4.69, 9.17) is 5.26 Å². The van der Waals surface area contributed by atoms with Crippen molar-refractivity contribution in [3.8, 4) is 6.07 Å². The van der Waals surface area contributed by atoms with Crippen molar-refractivity contribution in [1.82, 2.24) is 4.98 Å². The molecule has 0 unspecified atom stereocenters. The van der Waals surface area contributed by atoms with Crippen molar-refractivity contribution in [1.29, 1.82) is 5.26 Å². The molecule has 1 aromatic heterocycles. The summed E-state index contributed by atoms with van der Waals surface area (Å²) in [6, 6.07) is 8.32. The molecule has 0 aliphatic rings. The van der Waals surface area contributed by atoms with E-state index in [1.807, 2.05) is 0 Å². The van der Waals surface area contributed by atoms with Crippen LogP contribution in [0.1, 0.15) is 21.5 Å². The zero-order valence-corrected chi connectivity index (χ0v) is 12.4. The Balaban J connectivity index is 2.29. The Morgan fingerprint density at radius 2 is 1.91 bits per heavy atom. The van der Waals surface area contributed by atoms with Crippen LogP contribution in [0.4, 0.5) is 19.0 Å². The van der Waals surface area contributed by atoms with Gasteiger partial charge in [-0.25, -0.2) is 4.98 Å². The van der Waals surface area contributed by atoms with Gasteiger partial charge in [0.25, 0.3) is 5.91 Å². The summed E-state index contributed by atoms with van der Waals surface area (Å²) < 4.78 is 39.2. The molecule has 0 fully saturated rings. The Morgan fingerprint density at radius 3 is 2.45 bits per heavy atom. The molecule has 0 bridgehead atoms. The van der Waals surface area contributed by atoms with Crippen LogP contribution >= 0.6 is 15.9 Å². The number of anilines is 1. The SMILES string of the molecule is N#Cc1cnc(NC(=O)c2ccc(Br)cc2)cc1C(F)(F)F. The van der Waals surface area contributed by atoms with Crippen LogP contribution in [0.15, 0.2) is 41.0 Å². The van der Waals surface area contributed by atoms with Crippen LogP contribution in [0.3, 0.4) is 0 Å². The number of hydrogen-bond donors (Lipinski definition) is 1. The van der Waals surface area contributed by atoms with Gasteiger partial charge in [0.15, 0.2) is 0 Å². The van der Waals surface area contributed by atoms with E-state index in [1.165, 1.54) is 18.2 Å². The minimum atomic E-state index is -4.70. The fourth-order valence-electron chi connectivity index (χ4n) is 1.64. The van der Waals surface area contributed by atoms with Gasteiger partial charge < -0.3 is 5.32 Å². The van der Waals surface area contributed by atoms with Crippen molar-refractivity contribution in [3.63, 3.8) is 0 Å². The number of carbonyl (C=O) groups excluding carboxylic acids is 1. The maximum absolute atomic E-state index is 12.8. The second-order valence-electron chi connectivity index (χ2n) is 4.19. The van der Waals surface area contributed by atoms with E-state index in [0.717, 1.165) is 10.7 Å². The summed E-state index contributed by atoms with van der Waals surface area (Å²) in [4.78, 5) is 15.6. The normalized spacial score (nSPS) is 10.9. The summed E-state index contributed by atoms with van der Waals surface area (Å²) in [6.45, 7) is 0. The molecule has 2 rings (SSSR count). The molecule has 112 valence electrons. The van der Waals surface area contributed by atoms with E-state index in [9.17, 15) is 18.0 Å². The van der Waals surface area contributed by atoms with Crippen molar-refractivity contribution in [2.45, 2.75) is 6.18 Å². The lowest BCUT2D eigenvalue weighted by Gasteiger charge is -2.11. The first-order valence-electron chi connectivity index (χ1n) is 5.85. The van der Waals surface area contributed by atoms with Crippen LogP contribution < -0.4 is 5.32 Å². The molecular formula is C14H7BrF3N3O. The van der Waals surface area contributed by atoms with Crippen molar-refractivity contribution < 1.29 is 18.0 Å².